The van der Waals surface area contributed by atoms with Gasteiger partial charge in [-0.15, -0.1) is 11.3 Å². The fourth-order valence-corrected chi connectivity index (χ4v) is 2.81. The number of aliphatic hydroxyl groups is 1. The van der Waals surface area contributed by atoms with E-state index in [9.17, 15) is 9.90 Å². The molecule has 1 atom stereocenters. The molecule has 3 aromatic rings. The molecule has 0 radical (unpaired) electrons. The number of carbonyl (C=O) groups excluding carboxylic acids is 1. The maximum absolute atomic E-state index is 12.3. The number of benzene rings is 1. The summed E-state index contributed by atoms with van der Waals surface area (Å²) >= 11 is 1.34. The Bertz CT molecular complexity index is 738. The Morgan fingerprint density at radius 1 is 1.27 bits per heavy atom. The van der Waals surface area contributed by atoms with Crippen molar-refractivity contribution in [1.29, 1.82) is 0 Å². The first-order chi connectivity index (χ1) is 10.8. The van der Waals surface area contributed by atoms with E-state index in [1.807, 2.05) is 30.3 Å². The molecule has 0 bridgehead atoms. The van der Waals surface area contributed by atoms with E-state index in [-0.39, 0.29) is 12.5 Å². The van der Waals surface area contributed by atoms with Gasteiger partial charge in [0.1, 0.15) is 5.69 Å². The third-order valence-electron chi connectivity index (χ3n) is 3.16. The molecule has 0 aliphatic rings. The molecule has 0 saturated heterocycles. The third-order valence-corrected chi connectivity index (χ3v) is 4.02. The predicted octanol–water partition coefficient (Wildman–Crippen LogP) is 2.87. The van der Waals surface area contributed by atoms with E-state index >= 15 is 0 Å². The van der Waals surface area contributed by atoms with Gasteiger partial charge in [0.2, 0.25) is 0 Å². The predicted molar refractivity (Wildman–Crippen MR) is 83.6 cm³/mol. The first-order valence-electron chi connectivity index (χ1n) is 6.74. The smallest absolute Gasteiger partial charge is 0.271 e. The zero-order valence-corrected chi connectivity index (χ0v) is 12.4. The minimum Gasteiger partial charge on any atom is -0.462 e. The van der Waals surface area contributed by atoms with Crippen LogP contribution in [0.5, 0.6) is 0 Å². The Kier molecular flexibility index (Phi) is 4.32. The van der Waals surface area contributed by atoms with Gasteiger partial charge in [0.15, 0.2) is 10.8 Å². The standard InChI is InChI=1S/C16H14N2O3S/c19-9-12(11-5-2-1-3-6-11)17-15(20)13-10-22-16(18-13)14-7-4-8-21-14/h1-8,10,12,19H,9H2,(H,17,20). The molecule has 0 aliphatic carbocycles. The van der Waals surface area contributed by atoms with Crippen molar-refractivity contribution in [1.82, 2.24) is 10.3 Å². The van der Waals surface area contributed by atoms with Gasteiger partial charge in [-0.1, -0.05) is 30.3 Å². The summed E-state index contributed by atoms with van der Waals surface area (Å²) < 4.78 is 5.26. The molecule has 1 amide bonds. The number of thiazole rings is 1. The fourth-order valence-electron chi connectivity index (χ4n) is 2.04. The van der Waals surface area contributed by atoms with Crippen molar-refractivity contribution in [3.8, 4) is 10.8 Å². The first kappa shape index (κ1) is 14.5. The molecular formula is C16H14N2O3S. The van der Waals surface area contributed by atoms with Crippen LogP contribution in [0.4, 0.5) is 0 Å². The average Bonchev–Trinajstić information content (AvgIpc) is 3.23. The molecule has 1 aromatic carbocycles. The Morgan fingerprint density at radius 3 is 2.77 bits per heavy atom. The van der Waals surface area contributed by atoms with Crippen molar-refractivity contribution < 1.29 is 14.3 Å². The molecule has 5 nitrogen and oxygen atoms in total. The molecule has 2 heterocycles. The second kappa shape index (κ2) is 6.55. The van der Waals surface area contributed by atoms with Crippen molar-refractivity contribution in [2.45, 2.75) is 6.04 Å². The molecule has 1 unspecified atom stereocenters. The Hall–Kier alpha value is -2.44. The summed E-state index contributed by atoms with van der Waals surface area (Å²) in [7, 11) is 0. The van der Waals surface area contributed by atoms with Crippen LogP contribution in [0.1, 0.15) is 22.1 Å². The second-order valence-electron chi connectivity index (χ2n) is 4.63. The normalized spacial score (nSPS) is 12.0. The minimum atomic E-state index is -0.456. The van der Waals surface area contributed by atoms with Gasteiger partial charge < -0.3 is 14.8 Å². The molecule has 3 rings (SSSR count). The van der Waals surface area contributed by atoms with Crippen LogP contribution in [0.2, 0.25) is 0 Å². The quantitative estimate of drug-likeness (QED) is 0.759. The number of rotatable bonds is 5. The maximum atomic E-state index is 12.3. The van der Waals surface area contributed by atoms with Gasteiger partial charge in [-0.25, -0.2) is 4.98 Å². The van der Waals surface area contributed by atoms with Gasteiger partial charge in [-0.05, 0) is 17.7 Å². The summed E-state index contributed by atoms with van der Waals surface area (Å²) in [6, 6.07) is 12.4. The van der Waals surface area contributed by atoms with E-state index in [1.165, 1.54) is 11.3 Å². The topological polar surface area (TPSA) is 75.4 Å². The van der Waals surface area contributed by atoms with Gasteiger partial charge in [0, 0.05) is 5.38 Å². The highest BCUT2D eigenvalue weighted by atomic mass is 32.1. The summed E-state index contributed by atoms with van der Waals surface area (Å²) in [5.41, 5.74) is 1.16. The molecule has 6 heteroatoms. The zero-order chi connectivity index (χ0) is 15.4. The summed E-state index contributed by atoms with van der Waals surface area (Å²) in [5, 5.41) is 14.6. The van der Waals surface area contributed by atoms with E-state index in [1.54, 1.807) is 23.8 Å². The minimum absolute atomic E-state index is 0.176. The SMILES string of the molecule is O=C(NC(CO)c1ccccc1)c1csc(-c2ccco2)n1. The molecule has 22 heavy (non-hydrogen) atoms. The molecule has 0 saturated carbocycles. The summed E-state index contributed by atoms with van der Waals surface area (Å²) in [5.74, 6) is 0.308. The van der Waals surface area contributed by atoms with Crippen molar-refractivity contribution in [3.63, 3.8) is 0 Å². The lowest BCUT2D eigenvalue weighted by Crippen LogP contribution is -2.30. The second-order valence-corrected chi connectivity index (χ2v) is 5.49. The number of amides is 1. The van der Waals surface area contributed by atoms with Crippen LogP contribution in [0, 0.1) is 0 Å². The van der Waals surface area contributed by atoms with Gasteiger partial charge in [0.05, 0.1) is 18.9 Å². The Balaban J connectivity index is 1.74. The number of nitrogens with one attached hydrogen (secondary N) is 1. The highest BCUT2D eigenvalue weighted by Gasteiger charge is 2.18. The van der Waals surface area contributed by atoms with Gasteiger partial charge in [-0.2, -0.15) is 0 Å². The maximum Gasteiger partial charge on any atom is 0.271 e. The van der Waals surface area contributed by atoms with Gasteiger partial charge in [-0.3, -0.25) is 4.79 Å². The van der Waals surface area contributed by atoms with E-state index < -0.39 is 6.04 Å². The van der Waals surface area contributed by atoms with Crippen LogP contribution >= 0.6 is 11.3 Å². The van der Waals surface area contributed by atoms with E-state index in [0.717, 1.165) is 5.56 Å². The number of carbonyl (C=O) groups is 1. The zero-order valence-electron chi connectivity index (χ0n) is 11.6. The van der Waals surface area contributed by atoms with E-state index in [0.29, 0.717) is 16.5 Å². The molecule has 112 valence electrons. The first-order valence-corrected chi connectivity index (χ1v) is 7.62. The molecule has 0 fully saturated rings. The molecule has 0 aliphatic heterocycles. The van der Waals surface area contributed by atoms with Crippen LogP contribution in [0.25, 0.3) is 10.8 Å². The van der Waals surface area contributed by atoms with E-state index in [4.69, 9.17) is 4.42 Å². The van der Waals surface area contributed by atoms with Gasteiger partial charge in [0.25, 0.3) is 5.91 Å². The molecular weight excluding hydrogens is 300 g/mol. The lowest BCUT2D eigenvalue weighted by Gasteiger charge is -2.15. The molecule has 2 N–H and O–H groups in total. The summed E-state index contributed by atoms with van der Waals surface area (Å²) in [6.45, 7) is -0.176. The summed E-state index contributed by atoms with van der Waals surface area (Å²) in [4.78, 5) is 16.5. The van der Waals surface area contributed by atoms with Crippen LogP contribution in [-0.2, 0) is 0 Å². The third kappa shape index (κ3) is 3.08. The van der Waals surface area contributed by atoms with Crippen LogP contribution < -0.4 is 5.32 Å². The Morgan fingerprint density at radius 2 is 2.09 bits per heavy atom. The van der Waals surface area contributed by atoms with Gasteiger partial charge >= 0.3 is 0 Å². The average molecular weight is 314 g/mol. The molecule has 2 aromatic heterocycles. The van der Waals surface area contributed by atoms with E-state index in [2.05, 4.69) is 10.3 Å². The highest BCUT2D eigenvalue weighted by Crippen LogP contribution is 2.24. The van der Waals surface area contributed by atoms with Crippen molar-refractivity contribution in [3.05, 3.63) is 65.4 Å². The van der Waals surface area contributed by atoms with Crippen LogP contribution in [-0.4, -0.2) is 22.6 Å². The number of hydrogen-bond donors (Lipinski definition) is 2. The number of hydrogen-bond acceptors (Lipinski definition) is 5. The number of nitrogens with zero attached hydrogens (tertiary/aromatic N) is 1. The van der Waals surface area contributed by atoms with Crippen molar-refractivity contribution in [2.24, 2.45) is 0 Å². The van der Waals surface area contributed by atoms with Crippen molar-refractivity contribution >= 4 is 17.2 Å². The lowest BCUT2D eigenvalue weighted by atomic mass is 10.1. The summed E-state index contributed by atoms with van der Waals surface area (Å²) in [6.07, 6.45) is 1.56. The monoisotopic (exact) mass is 314 g/mol. The molecule has 0 spiro atoms. The fraction of sp³-hybridized carbons (Fsp3) is 0.125. The number of furan rings is 1. The van der Waals surface area contributed by atoms with Crippen LogP contribution in [0.15, 0.2) is 58.5 Å². The number of aromatic nitrogens is 1. The van der Waals surface area contributed by atoms with Crippen LogP contribution in [0.3, 0.4) is 0 Å². The Labute approximate surface area is 131 Å². The largest absolute Gasteiger partial charge is 0.462 e. The number of aliphatic hydroxyl groups excluding tert-OH is 1. The highest BCUT2D eigenvalue weighted by molar-refractivity contribution is 7.13. The lowest BCUT2D eigenvalue weighted by molar-refractivity contribution is 0.0912. The van der Waals surface area contributed by atoms with Crippen molar-refractivity contribution in [2.75, 3.05) is 6.61 Å².